The fourth-order valence-corrected chi connectivity index (χ4v) is 1.27. The van der Waals surface area contributed by atoms with Gasteiger partial charge in [-0.2, -0.15) is 5.26 Å². The molecule has 0 fully saturated rings. The second kappa shape index (κ2) is 6.89. The Balaban J connectivity index is 0.00000256. The van der Waals surface area contributed by atoms with Gasteiger partial charge in [-0.05, 0) is 32.0 Å². The molecular formula is C12H15ClN2O2. The van der Waals surface area contributed by atoms with Crippen molar-refractivity contribution < 1.29 is 9.53 Å². The largest absolute Gasteiger partial charge is 0.490 e. The molecule has 0 saturated heterocycles. The molecule has 0 heterocycles. The molecule has 0 radical (unpaired) electrons. The quantitative estimate of drug-likeness (QED) is 0.833. The van der Waals surface area contributed by atoms with Crippen molar-refractivity contribution >= 4 is 18.2 Å². The van der Waals surface area contributed by atoms with Crippen LogP contribution in [0, 0.1) is 11.3 Å². The van der Waals surface area contributed by atoms with Crippen molar-refractivity contribution in [2.24, 2.45) is 5.73 Å². The van der Waals surface area contributed by atoms with Gasteiger partial charge in [-0.3, -0.25) is 4.79 Å². The van der Waals surface area contributed by atoms with Gasteiger partial charge >= 0.3 is 0 Å². The van der Waals surface area contributed by atoms with E-state index in [2.05, 4.69) is 0 Å². The Morgan fingerprint density at radius 2 is 2.18 bits per heavy atom. The van der Waals surface area contributed by atoms with Gasteiger partial charge in [0.25, 0.3) is 0 Å². The molecule has 0 spiro atoms. The van der Waals surface area contributed by atoms with Crippen molar-refractivity contribution in [2.45, 2.75) is 20.0 Å². The van der Waals surface area contributed by atoms with E-state index in [1.807, 2.05) is 19.9 Å². The van der Waals surface area contributed by atoms with Gasteiger partial charge in [-0.1, -0.05) is 0 Å². The normalized spacial score (nSPS) is 9.35. The zero-order valence-corrected chi connectivity index (χ0v) is 10.6. The molecule has 0 amide bonds. The van der Waals surface area contributed by atoms with Crippen molar-refractivity contribution in [1.82, 2.24) is 0 Å². The van der Waals surface area contributed by atoms with Crippen molar-refractivity contribution in [2.75, 3.05) is 6.54 Å². The van der Waals surface area contributed by atoms with E-state index in [4.69, 9.17) is 15.7 Å². The summed E-state index contributed by atoms with van der Waals surface area (Å²) in [7, 11) is 0. The van der Waals surface area contributed by atoms with E-state index in [1.165, 1.54) is 6.07 Å². The lowest BCUT2D eigenvalue weighted by Crippen LogP contribution is -2.14. The highest BCUT2D eigenvalue weighted by molar-refractivity contribution is 5.98. The molecule has 17 heavy (non-hydrogen) atoms. The fourth-order valence-electron chi connectivity index (χ4n) is 1.27. The number of ether oxygens (including phenoxy) is 1. The van der Waals surface area contributed by atoms with Crippen molar-refractivity contribution in [1.29, 1.82) is 5.26 Å². The molecule has 1 aromatic rings. The van der Waals surface area contributed by atoms with E-state index in [-0.39, 0.29) is 30.8 Å². The molecule has 1 rings (SSSR count). The predicted octanol–water partition coefficient (Wildman–Crippen LogP) is 1.91. The Morgan fingerprint density at radius 1 is 1.53 bits per heavy atom. The van der Waals surface area contributed by atoms with Crippen LogP contribution in [0.4, 0.5) is 0 Å². The zero-order chi connectivity index (χ0) is 12.1. The third-order valence-electron chi connectivity index (χ3n) is 1.97. The van der Waals surface area contributed by atoms with Crippen LogP contribution in [-0.4, -0.2) is 18.4 Å². The first-order valence-electron chi connectivity index (χ1n) is 5.02. The van der Waals surface area contributed by atoms with Gasteiger partial charge in [0.15, 0.2) is 5.78 Å². The first-order chi connectivity index (χ1) is 7.58. The molecule has 0 bridgehead atoms. The van der Waals surface area contributed by atoms with Gasteiger partial charge in [0.05, 0.1) is 18.2 Å². The van der Waals surface area contributed by atoms with Crippen LogP contribution in [0.2, 0.25) is 0 Å². The van der Waals surface area contributed by atoms with Crippen LogP contribution in [0.15, 0.2) is 18.2 Å². The summed E-state index contributed by atoms with van der Waals surface area (Å²) in [5.41, 5.74) is 6.05. The Labute approximate surface area is 107 Å². The number of nitrogens with two attached hydrogens (primary N) is 1. The number of hydrogen-bond donors (Lipinski definition) is 1. The van der Waals surface area contributed by atoms with Gasteiger partial charge in [-0.15, -0.1) is 12.4 Å². The van der Waals surface area contributed by atoms with Gasteiger partial charge in [0.1, 0.15) is 11.8 Å². The molecule has 5 heteroatoms. The number of hydrogen-bond acceptors (Lipinski definition) is 4. The molecule has 0 saturated carbocycles. The first-order valence-corrected chi connectivity index (χ1v) is 5.02. The molecule has 92 valence electrons. The average molecular weight is 255 g/mol. The second-order valence-electron chi connectivity index (χ2n) is 3.62. The van der Waals surface area contributed by atoms with Gasteiger partial charge in [0.2, 0.25) is 0 Å². The SMILES string of the molecule is CC(C)Oc1ccc(C(=O)CN)cc1C#N.Cl. The number of carbonyl (C=O) groups is 1. The Morgan fingerprint density at radius 3 is 2.65 bits per heavy atom. The minimum Gasteiger partial charge on any atom is -0.490 e. The van der Waals surface area contributed by atoms with E-state index in [0.29, 0.717) is 16.9 Å². The lowest BCUT2D eigenvalue weighted by Gasteiger charge is -2.11. The minimum absolute atomic E-state index is 0. The van der Waals surface area contributed by atoms with E-state index >= 15 is 0 Å². The topological polar surface area (TPSA) is 76.1 Å². The van der Waals surface area contributed by atoms with Crippen LogP contribution < -0.4 is 10.5 Å². The molecular weight excluding hydrogens is 240 g/mol. The number of benzene rings is 1. The summed E-state index contributed by atoms with van der Waals surface area (Å²) in [6.45, 7) is 3.69. The van der Waals surface area contributed by atoms with E-state index < -0.39 is 0 Å². The number of halogens is 1. The van der Waals surface area contributed by atoms with Gasteiger partial charge < -0.3 is 10.5 Å². The summed E-state index contributed by atoms with van der Waals surface area (Å²) in [6.07, 6.45) is -0.0110. The number of nitriles is 1. The third kappa shape index (κ3) is 4.06. The summed E-state index contributed by atoms with van der Waals surface area (Å²) in [5.74, 6) is 0.304. The van der Waals surface area contributed by atoms with Crippen molar-refractivity contribution in [3.05, 3.63) is 29.3 Å². The maximum absolute atomic E-state index is 11.3. The smallest absolute Gasteiger partial charge is 0.176 e. The van der Waals surface area contributed by atoms with Gasteiger partial charge in [0, 0.05) is 5.56 Å². The highest BCUT2D eigenvalue weighted by Gasteiger charge is 2.10. The molecule has 2 N–H and O–H groups in total. The minimum atomic E-state index is -0.187. The maximum atomic E-state index is 11.3. The number of nitrogens with zero attached hydrogens (tertiary/aromatic N) is 1. The Bertz CT molecular complexity index is 439. The number of carbonyl (C=O) groups excluding carboxylic acids is 1. The summed E-state index contributed by atoms with van der Waals surface area (Å²) in [4.78, 5) is 11.3. The molecule has 1 aromatic carbocycles. The van der Waals surface area contributed by atoms with Crippen LogP contribution >= 0.6 is 12.4 Å². The van der Waals surface area contributed by atoms with Crippen LogP contribution in [0.3, 0.4) is 0 Å². The van der Waals surface area contributed by atoms with E-state index in [1.54, 1.807) is 12.1 Å². The van der Waals surface area contributed by atoms with Crippen molar-refractivity contribution in [3.63, 3.8) is 0 Å². The molecule has 0 unspecified atom stereocenters. The van der Waals surface area contributed by atoms with Crippen LogP contribution in [0.5, 0.6) is 5.75 Å². The molecule has 0 aliphatic heterocycles. The van der Waals surface area contributed by atoms with Crippen molar-refractivity contribution in [3.8, 4) is 11.8 Å². The molecule has 0 aliphatic carbocycles. The number of rotatable bonds is 4. The number of Topliss-reactive ketones (excluding diaryl/α,β-unsaturated/α-hetero) is 1. The van der Waals surface area contributed by atoms with E-state index in [9.17, 15) is 4.79 Å². The first kappa shape index (κ1) is 15.4. The summed E-state index contributed by atoms with van der Waals surface area (Å²) >= 11 is 0. The Hall–Kier alpha value is -1.57. The van der Waals surface area contributed by atoms with Crippen LogP contribution in [0.1, 0.15) is 29.8 Å². The fraction of sp³-hybridized carbons (Fsp3) is 0.333. The van der Waals surface area contributed by atoms with Crippen LogP contribution in [-0.2, 0) is 0 Å². The Kier molecular flexibility index (Phi) is 6.26. The molecule has 0 aromatic heterocycles. The lowest BCUT2D eigenvalue weighted by molar-refractivity contribution is 0.100. The predicted molar refractivity (Wildman–Crippen MR) is 67.6 cm³/mol. The van der Waals surface area contributed by atoms with Gasteiger partial charge in [-0.25, -0.2) is 0 Å². The molecule has 0 atom stereocenters. The maximum Gasteiger partial charge on any atom is 0.176 e. The monoisotopic (exact) mass is 254 g/mol. The van der Waals surface area contributed by atoms with E-state index in [0.717, 1.165) is 0 Å². The van der Waals surface area contributed by atoms with Crippen LogP contribution in [0.25, 0.3) is 0 Å². The molecule has 0 aliphatic rings. The summed E-state index contributed by atoms with van der Waals surface area (Å²) in [6, 6.07) is 6.75. The highest BCUT2D eigenvalue weighted by atomic mass is 35.5. The zero-order valence-electron chi connectivity index (χ0n) is 9.77. The summed E-state index contributed by atoms with van der Waals surface area (Å²) < 4.78 is 5.44. The highest BCUT2D eigenvalue weighted by Crippen LogP contribution is 2.20. The summed E-state index contributed by atoms with van der Waals surface area (Å²) in [5, 5.41) is 8.94. The number of ketones is 1. The third-order valence-corrected chi connectivity index (χ3v) is 1.97. The molecule has 4 nitrogen and oxygen atoms in total. The standard InChI is InChI=1S/C12H14N2O2.ClH/c1-8(2)16-12-4-3-9(11(15)7-14)5-10(12)6-13;/h3-5,8H,7,14H2,1-2H3;1H. The lowest BCUT2D eigenvalue weighted by atomic mass is 10.1. The average Bonchev–Trinajstić information content (AvgIpc) is 2.27. The second-order valence-corrected chi connectivity index (χ2v) is 3.62.